The summed E-state index contributed by atoms with van der Waals surface area (Å²) in [6.45, 7) is -1.08. The van der Waals surface area contributed by atoms with Gasteiger partial charge in [0.05, 0.1) is 19.8 Å². The molecular weight excluding hydrogens is 831 g/mol. The van der Waals surface area contributed by atoms with Gasteiger partial charge in [0.1, 0.15) is 48.3 Å². The lowest BCUT2D eigenvalue weighted by atomic mass is 10.0. The number of nitrogens with one attached hydrogen (secondary N) is 7. The molecule has 0 saturated heterocycles. The van der Waals surface area contributed by atoms with Crippen molar-refractivity contribution in [2.75, 3.05) is 45.2 Å². The van der Waals surface area contributed by atoms with Crippen molar-refractivity contribution in [3.05, 3.63) is 0 Å². The van der Waals surface area contributed by atoms with Crippen molar-refractivity contribution in [2.45, 2.75) is 100 Å². The molecule has 0 spiro atoms. The average molecular weight is 894 g/mol. The number of carbonyl (C=O) groups excluding carboxylic acids is 7. The fourth-order valence-corrected chi connectivity index (χ4v) is 5.26. The van der Waals surface area contributed by atoms with Crippen LogP contribution >= 0.6 is 12.6 Å². The first kappa shape index (κ1) is 55.5. The van der Waals surface area contributed by atoms with Gasteiger partial charge in [-0.05, 0) is 58.4 Å². The number of carboxylic acid groups (broad SMARTS) is 1. The first-order valence-electron chi connectivity index (χ1n) is 19.1. The van der Waals surface area contributed by atoms with Gasteiger partial charge < -0.3 is 92.0 Å². The fraction of sp³-hybridized carbons (Fsp3) is 0.697. The van der Waals surface area contributed by atoms with E-state index in [0.717, 1.165) is 0 Å². The van der Waals surface area contributed by atoms with Crippen LogP contribution in [0.3, 0.4) is 0 Å². The van der Waals surface area contributed by atoms with Crippen LogP contribution in [0.15, 0.2) is 9.98 Å². The fourth-order valence-electron chi connectivity index (χ4n) is 5.00. The summed E-state index contributed by atoms with van der Waals surface area (Å²) in [5.74, 6) is -8.78. The van der Waals surface area contributed by atoms with Gasteiger partial charge in [-0.25, -0.2) is 4.79 Å². The van der Waals surface area contributed by atoms with Crippen LogP contribution in [0, 0.1) is 0 Å². The Labute approximate surface area is 357 Å². The number of aliphatic carboxylic acids is 1. The van der Waals surface area contributed by atoms with Gasteiger partial charge >= 0.3 is 5.97 Å². The number of amides is 7. The van der Waals surface area contributed by atoms with Gasteiger partial charge in [-0.1, -0.05) is 0 Å². The lowest BCUT2D eigenvalue weighted by Gasteiger charge is -2.26. The Bertz CT molecular complexity index is 1520. The van der Waals surface area contributed by atoms with Crippen molar-refractivity contribution >= 4 is 71.9 Å². The first-order chi connectivity index (χ1) is 28.8. The summed E-state index contributed by atoms with van der Waals surface area (Å²) in [7, 11) is 0. The molecule has 0 aliphatic rings. The minimum absolute atomic E-state index is 0.0165. The van der Waals surface area contributed by atoms with Crippen LogP contribution in [0.5, 0.6) is 0 Å². The zero-order chi connectivity index (χ0) is 46.7. The molecular formula is C33H63N15O12S. The third kappa shape index (κ3) is 22.6. The number of aliphatic hydroxyl groups is 3. The summed E-state index contributed by atoms with van der Waals surface area (Å²) >= 11 is 4.14. The largest absolute Gasteiger partial charge is 0.480 e. The van der Waals surface area contributed by atoms with Crippen LogP contribution < -0.4 is 71.6 Å². The highest BCUT2D eigenvalue weighted by Gasteiger charge is 2.33. The van der Waals surface area contributed by atoms with Gasteiger partial charge in [0.25, 0.3) is 0 Å². The number of nitrogens with two attached hydrogens (primary N) is 6. The van der Waals surface area contributed by atoms with Crippen LogP contribution in [-0.4, -0.2) is 173 Å². The Morgan fingerprint density at radius 2 is 0.902 bits per heavy atom. The van der Waals surface area contributed by atoms with Crippen LogP contribution in [0.25, 0.3) is 0 Å². The standard InChI is InChI=1S/C33H63N15O12S/c1-16(42-28(56)21(13-50)47-29(57)22(14-51)46-25(53)17(35)12-49)24(52)48-23(15-61)30(58)44-18(6-2-3-9-34)26(54)43-19(7-4-10-40-32(36)37)27(55)45-20(31(59)60)8-5-11-41-33(38)39/h16-23,49-51,61H,2-15,34-35H2,1H3,(H,42,56)(H,43,54)(H,44,58)(H,45,55)(H,46,53)(H,47,57)(H,48,52)(H,59,60)(H4,36,37,40)(H4,38,39,41)/t16-,17-,18-,19-,20-,21-,22-,23-/m0/s1. The van der Waals surface area contributed by atoms with E-state index in [-0.39, 0.29) is 69.4 Å². The maximum Gasteiger partial charge on any atom is 0.326 e. The molecule has 23 N–H and O–H groups in total. The predicted molar refractivity (Wildman–Crippen MR) is 223 cm³/mol. The zero-order valence-corrected chi connectivity index (χ0v) is 34.8. The molecule has 0 aliphatic heterocycles. The first-order valence-corrected chi connectivity index (χ1v) is 19.7. The molecule has 348 valence electrons. The average Bonchev–Trinajstić information content (AvgIpc) is 3.21. The molecule has 61 heavy (non-hydrogen) atoms. The minimum atomic E-state index is -1.68. The number of carboxylic acids is 1. The summed E-state index contributed by atoms with van der Waals surface area (Å²) in [5, 5.41) is 54.3. The molecule has 0 radical (unpaired) electrons. The van der Waals surface area contributed by atoms with Crippen molar-refractivity contribution in [1.29, 1.82) is 0 Å². The van der Waals surface area contributed by atoms with Crippen LogP contribution in [0.2, 0.25) is 0 Å². The van der Waals surface area contributed by atoms with E-state index in [1.54, 1.807) is 0 Å². The van der Waals surface area contributed by atoms with E-state index in [1.165, 1.54) is 6.92 Å². The number of hydrogen-bond donors (Lipinski definition) is 18. The van der Waals surface area contributed by atoms with Crippen molar-refractivity contribution < 1.29 is 58.8 Å². The number of thiol groups is 1. The maximum atomic E-state index is 13.7. The molecule has 0 bridgehead atoms. The van der Waals surface area contributed by atoms with Crippen LogP contribution in [0.1, 0.15) is 51.9 Å². The molecule has 0 aromatic heterocycles. The third-order valence-electron chi connectivity index (χ3n) is 8.45. The van der Waals surface area contributed by atoms with E-state index >= 15 is 0 Å². The quantitative estimate of drug-likeness (QED) is 0.0133. The van der Waals surface area contributed by atoms with Crippen molar-refractivity contribution in [2.24, 2.45) is 44.4 Å². The summed E-state index contributed by atoms with van der Waals surface area (Å²) in [6.07, 6.45) is 1.03. The van der Waals surface area contributed by atoms with Crippen LogP contribution in [-0.2, 0) is 38.4 Å². The highest BCUT2D eigenvalue weighted by Crippen LogP contribution is 2.08. The third-order valence-corrected chi connectivity index (χ3v) is 8.82. The van der Waals surface area contributed by atoms with Crippen molar-refractivity contribution in [1.82, 2.24) is 37.2 Å². The molecule has 0 fully saturated rings. The Hall–Kier alpha value is -5.55. The predicted octanol–water partition coefficient (Wildman–Crippen LogP) is -9.05. The maximum absolute atomic E-state index is 13.7. The molecule has 28 heteroatoms. The highest BCUT2D eigenvalue weighted by atomic mass is 32.1. The molecule has 8 atom stereocenters. The topological polar surface area (TPSA) is 483 Å². The van der Waals surface area contributed by atoms with Crippen LogP contribution in [0.4, 0.5) is 0 Å². The number of carbonyl (C=O) groups is 8. The Kier molecular flexibility index (Phi) is 27.7. The van der Waals surface area contributed by atoms with Crippen molar-refractivity contribution in [3.63, 3.8) is 0 Å². The van der Waals surface area contributed by atoms with E-state index in [0.29, 0.717) is 12.8 Å². The smallest absolute Gasteiger partial charge is 0.326 e. The van der Waals surface area contributed by atoms with E-state index < -0.39 is 115 Å². The minimum Gasteiger partial charge on any atom is -0.480 e. The van der Waals surface area contributed by atoms with E-state index in [1.807, 2.05) is 0 Å². The number of aliphatic hydroxyl groups excluding tert-OH is 3. The van der Waals surface area contributed by atoms with Gasteiger partial charge in [0.15, 0.2) is 11.9 Å². The molecule has 0 saturated carbocycles. The number of nitrogens with zero attached hydrogens (tertiary/aromatic N) is 2. The van der Waals surface area contributed by atoms with E-state index in [9.17, 15) is 53.7 Å². The normalized spacial score (nSPS) is 14.7. The molecule has 27 nitrogen and oxygen atoms in total. The van der Waals surface area contributed by atoms with Gasteiger partial charge in [-0.15, -0.1) is 0 Å². The highest BCUT2D eigenvalue weighted by molar-refractivity contribution is 7.80. The Balaban J connectivity index is 5.95. The Morgan fingerprint density at radius 3 is 1.33 bits per heavy atom. The Morgan fingerprint density at radius 1 is 0.525 bits per heavy atom. The summed E-state index contributed by atoms with van der Waals surface area (Å²) in [5.41, 5.74) is 32.4. The number of guanidine groups is 2. The summed E-state index contributed by atoms with van der Waals surface area (Å²) in [4.78, 5) is 111. The van der Waals surface area contributed by atoms with E-state index in [4.69, 9.17) is 39.5 Å². The molecule has 0 unspecified atom stereocenters. The molecule has 7 amide bonds. The molecule has 0 rings (SSSR count). The van der Waals surface area contributed by atoms with Crippen molar-refractivity contribution in [3.8, 4) is 0 Å². The second-order valence-corrected chi connectivity index (χ2v) is 13.8. The van der Waals surface area contributed by atoms with Gasteiger partial charge in [-0.2, -0.15) is 12.6 Å². The SMILES string of the molecule is C[C@H](NC(=O)[C@H](CO)NC(=O)[C@H](CO)NC(=O)[C@@H](N)CO)C(=O)N[C@@H](CS)C(=O)N[C@@H](CCCCN)C(=O)N[C@@H](CCCN=C(N)N)C(=O)N[C@@H](CCCN=C(N)N)C(=O)O. The number of rotatable bonds is 31. The van der Waals surface area contributed by atoms with Gasteiger partial charge in [0.2, 0.25) is 41.4 Å². The molecule has 0 aromatic carbocycles. The monoisotopic (exact) mass is 893 g/mol. The lowest BCUT2D eigenvalue weighted by molar-refractivity contribution is -0.142. The summed E-state index contributed by atoms with van der Waals surface area (Å²) in [6, 6.07) is -11.5. The summed E-state index contributed by atoms with van der Waals surface area (Å²) < 4.78 is 0. The molecule has 0 aromatic rings. The zero-order valence-electron chi connectivity index (χ0n) is 33.9. The van der Waals surface area contributed by atoms with Gasteiger partial charge in [-0.3, -0.25) is 43.5 Å². The number of aliphatic imine (C=N–C) groups is 2. The lowest BCUT2D eigenvalue weighted by Crippen LogP contribution is -2.60. The van der Waals surface area contributed by atoms with E-state index in [2.05, 4.69) is 59.8 Å². The second-order valence-electron chi connectivity index (χ2n) is 13.5. The van der Waals surface area contributed by atoms with Gasteiger partial charge in [0, 0.05) is 18.8 Å². The second kappa shape index (κ2) is 30.5. The number of unbranched alkanes of at least 4 members (excludes halogenated alkanes) is 1. The number of hydrogen-bond acceptors (Lipinski definition) is 16. The molecule has 0 heterocycles. The molecule has 0 aliphatic carbocycles.